The number of aliphatic hydroxyl groups is 10. The van der Waals surface area contributed by atoms with Crippen LogP contribution in [0.4, 0.5) is 0 Å². The lowest BCUT2D eigenvalue weighted by Gasteiger charge is -2.44. The standard InChI is InChI=1S/C88H97Cl2N9O33/c1-3-4-5-6-7-8-9-10-60(108)94-68-74(113)71(110)58(32-101)129-87(68)132-78-55-26-40-27-56(78)126-52-18-14-38(24-47(52)90)77(131-86-67(92-34(2)103)73(112)70(109)57(31-100)128-86)69-84(121)98-66(85(122)123)45-29-42(105)30-54(127-88-76(115)75(114)72(111)59(33-102)130-88)61(45)44-23-37(13-15-49(44)106)63(81(118)99-69)96-83(120)65(40)97-82(119)64-39-21-41(104)28-43(22-39)124-53-25-36(12-16-50(53)107)62(91)80(117)93-48(79(116)95-64)20-35-11-17-51(125-55)46(89)19-35/h11-19,21-30,48,57-59,62-77,86-88,100-102,104-107,109-115H,3-10,20,31-33,91H2,1-2H3,(H,92,103)(H,93,117)(H,94,108)(H,95,116)(H,96,120)(H,97,119)(H,98,121)(H,99,118)(H,122,123)/t48-,57-,58-,59-,62-,63+,64-,65+,66+,67-,68-,69+,70-,71-,72-,73-,74-,75+,76+,77-,86+,87+,88?/m1/s1. The maximum Gasteiger partial charge on any atom is 0.330 e. The number of carbonyl (C=O) groups is 9. The minimum atomic E-state index is -2.59. The normalized spacial score (nSPS) is 28.9. The molecule has 8 amide bonds. The molecule has 9 heterocycles. The second-order valence-electron chi connectivity index (χ2n) is 32.7. The van der Waals surface area contributed by atoms with Crippen LogP contribution in [0.2, 0.25) is 10.0 Å². The SMILES string of the molecule is CCCCCCCCCC(=O)N[C@H]1[C@H](Oc2c3cc4cc2Oc2ccc(cc2Cl)[C@@H](O[C@@H]2O[C@H](CO)[C@@H](O)[C@H](O)[C@H]2NC(C)=O)[C@@H]2NC(=O)[C@@H](NC(=O)[C@H]4NC(=O)[C@@H]4NC(=O)[C@@H](Cc5ccc(c(Cl)c5)O3)NC(=O)[C@H](N)c3ccc(O)c(c3)Oc3cc(O)cc4c3)c3ccc(O)c(c3)-c3c(OC4O[C@H](CO)[C@@H](O)[C@H](O)[C@@H]4O)cc(O)cc3[C@@H](C(=O)O)NC2=O)O[C@H](CO)[C@@H](O)[C@@H]1O. The van der Waals surface area contributed by atoms with Gasteiger partial charge in [-0.2, -0.15) is 0 Å². The number of hydrogen-bond acceptors (Lipinski definition) is 33. The molecule has 17 bridgehead atoms. The third-order valence-electron chi connectivity index (χ3n) is 23.5. The summed E-state index contributed by atoms with van der Waals surface area (Å²) in [4.78, 5) is 138. The summed E-state index contributed by atoms with van der Waals surface area (Å²) in [6, 6.07) is 0.681. The fourth-order valence-electron chi connectivity index (χ4n) is 16.5. The molecule has 23 atom stereocenters. The van der Waals surface area contributed by atoms with Gasteiger partial charge in [0, 0.05) is 48.6 Å². The van der Waals surface area contributed by atoms with Crippen molar-refractivity contribution in [2.75, 3.05) is 19.8 Å². The topological polar surface area (TPSA) is 662 Å². The smallest absolute Gasteiger partial charge is 0.330 e. The molecule has 7 aromatic carbocycles. The van der Waals surface area contributed by atoms with Crippen LogP contribution >= 0.6 is 23.2 Å². The first-order valence-corrected chi connectivity index (χ1v) is 42.9. The van der Waals surface area contributed by atoms with Crippen molar-refractivity contribution in [2.45, 2.75) is 212 Å². The number of halogens is 2. The molecule has 132 heavy (non-hydrogen) atoms. The summed E-state index contributed by atoms with van der Waals surface area (Å²) < 4.78 is 57.5. The summed E-state index contributed by atoms with van der Waals surface area (Å²) in [6.07, 6.45) is -23.8. The highest BCUT2D eigenvalue weighted by atomic mass is 35.5. The molecular formula is C88H97Cl2N9O33. The van der Waals surface area contributed by atoms with Crippen molar-refractivity contribution < 1.29 is 162 Å². The van der Waals surface area contributed by atoms with Crippen LogP contribution in [-0.4, -0.2) is 254 Å². The van der Waals surface area contributed by atoms with Crippen molar-refractivity contribution in [1.29, 1.82) is 0 Å². The highest BCUT2D eigenvalue weighted by molar-refractivity contribution is 6.32. The lowest BCUT2D eigenvalue weighted by atomic mass is 9.89. The first kappa shape index (κ1) is 96.0. The van der Waals surface area contributed by atoms with Crippen molar-refractivity contribution in [3.05, 3.63) is 164 Å². The number of hydrogen-bond donors (Lipinski definition) is 24. The quantitative estimate of drug-likeness (QED) is 0.0476. The molecule has 25 N–H and O–H groups in total. The summed E-state index contributed by atoms with van der Waals surface area (Å²) in [5.74, 6) is -19.5. The van der Waals surface area contributed by atoms with Crippen LogP contribution in [0.1, 0.15) is 140 Å². The first-order chi connectivity index (χ1) is 63.0. The van der Waals surface area contributed by atoms with Gasteiger partial charge in [0.2, 0.25) is 65.6 Å². The average molecular weight is 1880 g/mol. The molecule has 3 fully saturated rings. The van der Waals surface area contributed by atoms with Crippen molar-refractivity contribution in [2.24, 2.45) is 5.73 Å². The molecule has 0 aliphatic carbocycles. The maximum atomic E-state index is 17.0. The Labute approximate surface area is 759 Å². The fraction of sp³-hybridized carbons (Fsp3) is 0.420. The molecule has 1 unspecified atom stereocenters. The summed E-state index contributed by atoms with van der Waals surface area (Å²) in [6.45, 7) is -0.110. The first-order valence-electron chi connectivity index (χ1n) is 42.1. The third kappa shape index (κ3) is 20.7. The van der Waals surface area contributed by atoms with Gasteiger partial charge in [-0.05, 0) is 119 Å². The Morgan fingerprint density at radius 1 is 0.485 bits per heavy atom. The van der Waals surface area contributed by atoms with Gasteiger partial charge in [0.15, 0.2) is 35.3 Å². The van der Waals surface area contributed by atoms with Crippen molar-refractivity contribution in [3.8, 4) is 80.1 Å². The zero-order valence-corrected chi connectivity index (χ0v) is 71.6. The summed E-state index contributed by atoms with van der Waals surface area (Å²) in [5.41, 5.74) is 2.79. The molecule has 7 aromatic rings. The molecule has 9 aliphatic rings. The van der Waals surface area contributed by atoms with Gasteiger partial charge in [0.1, 0.15) is 156 Å². The summed E-state index contributed by atoms with van der Waals surface area (Å²) in [5, 5.41) is 190. The van der Waals surface area contributed by atoms with E-state index in [4.69, 9.17) is 71.6 Å². The molecule has 706 valence electrons. The number of carboxylic acids is 1. The largest absolute Gasteiger partial charge is 0.508 e. The van der Waals surface area contributed by atoms with Crippen LogP contribution in [0.3, 0.4) is 0 Å². The van der Waals surface area contributed by atoms with Gasteiger partial charge < -0.3 is 167 Å². The molecular weight excluding hydrogens is 1780 g/mol. The Bertz CT molecular complexity index is 5540. The maximum absolute atomic E-state index is 17.0. The van der Waals surface area contributed by atoms with E-state index in [1.807, 2.05) is 0 Å². The number of aromatic hydroxyl groups is 4. The Balaban J connectivity index is 1.04. The number of ether oxygens (including phenoxy) is 9. The molecule has 42 nitrogen and oxygen atoms in total. The second-order valence-corrected chi connectivity index (χ2v) is 33.5. The number of aliphatic carboxylic acids is 1. The number of amides is 8. The molecule has 3 saturated heterocycles. The van der Waals surface area contributed by atoms with E-state index in [0.717, 1.165) is 124 Å². The van der Waals surface area contributed by atoms with Crippen molar-refractivity contribution in [3.63, 3.8) is 0 Å². The number of benzene rings is 7. The third-order valence-corrected chi connectivity index (χ3v) is 24.0. The minimum Gasteiger partial charge on any atom is -0.508 e. The van der Waals surface area contributed by atoms with E-state index in [1.165, 1.54) is 30.3 Å². The highest BCUT2D eigenvalue weighted by Gasteiger charge is 2.52. The second kappa shape index (κ2) is 41.0. The number of nitrogens with one attached hydrogen (secondary N) is 8. The van der Waals surface area contributed by atoms with Crippen LogP contribution in [0.25, 0.3) is 11.1 Å². The van der Waals surface area contributed by atoms with Crippen molar-refractivity contribution >= 4 is 76.4 Å². The fourth-order valence-corrected chi connectivity index (χ4v) is 17.0. The number of phenolic OH excluding ortho intramolecular Hbond substituents is 4. The molecule has 0 saturated carbocycles. The number of unbranched alkanes of at least 4 members (excludes halogenated alkanes) is 6. The van der Waals surface area contributed by atoms with E-state index in [0.29, 0.717) is 12.8 Å². The van der Waals surface area contributed by atoms with E-state index >= 15 is 24.0 Å². The highest BCUT2D eigenvalue weighted by Crippen LogP contribution is 2.51. The summed E-state index contributed by atoms with van der Waals surface area (Å²) >= 11 is 14.7. The Morgan fingerprint density at radius 2 is 1.03 bits per heavy atom. The number of carboxylic acid groups (broad SMARTS) is 1. The van der Waals surface area contributed by atoms with E-state index in [-0.39, 0.29) is 39.8 Å². The molecule has 0 radical (unpaired) electrons. The predicted octanol–water partition coefficient (Wildman–Crippen LogP) is 1.16. The van der Waals surface area contributed by atoms with Gasteiger partial charge in [-0.15, -0.1) is 0 Å². The number of aliphatic hydroxyl groups excluding tert-OH is 10. The number of carbonyl (C=O) groups excluding carboxylic acids is 8. The minimum absolute atomic E-state index is 0.0272. The molecule has 44 heteroatoms. The lowest BCUT2D eigenvalue weighted by Crippen LogP contribution is -2.65. The zero-order chi connectivity index (χ0) is 94.7. The van der Waals surface area contributed by atoms with Gasteiger partial charge in [0.25, 0.3) is 0 Å². The van der Waals surface area contributed by atoms with Crippen LogP contribution in [0.15, 0.2) is 115 Å². The number of rotatable bonds is 20. The van der Waals surface area contributed by atoms with Gasteiger partial charge in [0.05, 0.1) is 29.9 Å². The van der Waals surface area contributed by atoms with Crippen LogP contribution in [-0.2, 0) is 68.5 Å². The monoisotopic (exact) mass is 1880 g/mol. The molecule has 0 aromatic heterocycles. The zero-order valence-electron chi connectivity index (χ0n) is 70.1. The van der Waals surface area contributed by atoms with E-state index in [9.17, 15) is 95.8 Å². The van der Waals surface area contributed by atoms with Crippen LogP contribution in [0, 0.1) is 0 Å². The van der Waals surface area contributed by atoms with E-state index in [1.54, 1.807) is 0 Å². The molecule has 16 rings (SSSR count). The molecule has 9 aliphatic heterocycles. The average Bonchev–Trinajstić information content (AvgIpc) is 0.757. The Morgan fingerprint density at radius 3 is 1.66 bits per heavy atom. The van der Waals surface area contributed by atoms with Gasteiger partial charge >= 0.3 is 5.97 Å². The van der Waals surface area contributed by atoms with Crippen LogP contribution < -0.4 is 72.0 Å². The van der Waals surface area contributed by atoms with E-state index in [2.05, 4.69) is 49.5 Å². The lowest BCUT2D eigenvalue weighted by molar-refractivity contribution is -0.284. The van der Waals surface area contributed by atoms with Gasteiger partial charge in [-0.25, -0.2) is 4.79 Å². The van der Waals surface area contributed by atoms with Gasteiger partial charge in [-0.1, -0.05) is 92.9 Å². The van der Waals surface area contributed by atoms with E-state index < -0.39 is 316 Å². The Hall–Kier alpha value is -12.1. The number of phenols is 4. The Kier molecular flexibility index (Phi) is 29.8. The van der Waals surface area contributed by atoms with Crippen molar-refractivity contribution in [1.82, 2.24) is 42.5 Å². The molecule has 0 spiro atoms. The number of nitrogens with two attached hydrogens (primary N) is 1. The predicted molar refractivity (Wildman–Crippen MR) is 453 cm³/mol. The summed E-state index contributed by atoms with van der Waals surface area (Å²) in [7, 11) is 0. The van der Waals surface area contributed by atoms with Crippen LogP contribution in [0.5, 0.6) is 69.0 Å². The number of fused-ring (bicyclic) bond motifs is 14. The van der Waals surface area contributed by atoms with Gasteiger partial charge in [-0.3, -0.25) is 38.4 Å².